The molecule has 0 unspecified atom stereocenters. The van der Waals surface area contributed by atoms with Crippen molar-refractivity contribution in [2.24, 2.45) is 11.7 Å². The predicted octanol–water partition coefficient (Wildman–Crippen LogP) is 4.37. The summed E-state index contributed by atoms with van der Waals surface area (Å²) in [7, 11) is 0. The van der Waals surface area contributed by atoms with E-state index in [1.54, 1.807) is 0 Å². The van der Waals surface area contributed by atoms with E-state index in [9.17, 15) is 0 Å². The van der Waals surface area contributed by atoms with Crippen molar-refractivity contribution in [3.63, 3.8) is 0 Å². The van der Waals surface area contributed by atoms with Gasteiger partial charge in [0.15, 0.2) is 0 Å². The van der Waals surface area contributed by atoms with Crippen LogP contribution >= 0.6 is 0 Å². The maximum atomic E-state index is 6.23. The minimum absolute atomic E-state index is 0.207. The van der Waals surface area contributed by atoms with E-state index in [1.807, 2.05) is 0 Å². The summed E-state index contributed by atoms with van der Waals surface area (Å²) in [6.07, 6.45) is 10.3. The Kier molecular flexibility index (Phi) is 4.30. The van der Waals surface area contributed by atoms with Gasteiger partial charge < -0.3 is 10.5 Å². The molecule has 20 heavy (non-hydrogen) atoms. The normalized spacial score (nSPS) is 29.8. The molecule has 0 saturated heterocycles. The van der Waals surface area contributed by atoms with Gasteiger partial charge in [-0.3, -0.25) is 0 Å². The summed E-state index contributed by atoms with van der Waals surface area (Å²) in [6, 6.07) is 6.77. The highest BCUT2D eigenvalue weighted by Crippen LogP contribution is 2.33. The molecule has 0 heterocycles. The lowest BCUT2D eigenvalue weighted by Gasteiger charge is -2.29. The summed E-state index contributed by atoms with van der Waals surface area (Å²) >= 11 is 0. The minimum Gasteiger partial charge on any atom is -0.490 e. The average molecular weight is 273 g/mol. The van der Waals surface area contributed by atoms with Crippen LogP contribution in [0.5, 0.6) is 5.75 Å². The van der Waals surface area contributed by atoms with Gasteiger partial charge in [0.25, 0.3) is 0 Å². The molecule has 0 amide bonds. The van der Waals surface area contributed by atoms with Gasteiger partial charge in [0, 0.05) is 6.04 Å². The summed E-state index contributed by atoms with van der Waals surface area (Å²) in [5, 5.41) is 0. The number of aryl methyl sites for hydroxylation is 1. The summed E-state index contributed by atoms with van der Waals surface area (Å²) < 4.78 is 6.21. The monoisotopic (exact) mass is 273 g/mol. The Hall–Kier alpha value is -1.02. The number of benzene rings is 1. The molecule has 2 nitrogen and oxygen atoms in total. The number of hydrogen-bond donors (Lipinski definition) is 1. The van der Waals surface area contributed by atoms with E-state index in [2.05, 4.69) is 25.1 Å². The molecule has 3 rings (SSSR count). The van der Waals surface area contributed by atoms with E-state index in [-0.39, 0.29) is 6.04 Å². The maximum absolute atomic E-state index is 6.23. The van der Waals surface area contributed by atoms with Crippen LogP contribution in [0.2, 0.25) is 0 Å². The average Bonchev–Trinajstić information content (AvgIpc) is 2.49. The van der Waals surface area contributed by atoms with Gasteiger partial charge in [0.2, 0.25) is 0 Å². The molecule has 0 aliphatic heterocycles. The lowest BCUT2D eigenvalue weighted by Crippen LogP contribution is -2.24. The van der Waals surface area contributed by atoms with E-state index in [4.69, 9.17) is 10.5 Å². The zero-order chi connectivity index (χ0) is 13.9. The third kappa shape index (κ3) is 3.01. The largest absolute Gasteiger partial charge is 0.490 e. The second-order valence-corrected chi connectivity index (χ2v) is 6.53. The van der Waals surface area contributed by atoms with Crippen LogP contribution in [0.15, 0.2) is 18.2 Å². The van der Waals surface area contributed by atoms with Crippen molar-refractivity contribution in [1.82, 2.24) is 0 Å². The first-order valence-electron chi connectivity index (χ1n) is 8.31. The van der Waals surface area contributed by atoms with Crippen LogP contribution in [0.3, 0.4) is 0 Å². The third-order valence-electron chi connectivity index (χ3n) is 5.15. The Balaban J connectivity index is 1.65. The number of ether oxygens (including phenoxy) is 1. The van der Waals surface area contributed by atoms with E-state index < -0.39 is 0 Å². The van der Waals surface area contributed by atoms with E-state index in [1.165, 1.54) is 56.1 Å². The molecule has 2 aliphatic carbocycles. The van der Waals surface area contributed by atoms with Crippen molar-refractivity contribution in [3.8, 4) is 5.75 Å². The molecule has 0 radical (unpaired) electrons. The molecule has 2 heteroatoms. The van der Waals surface area contributed by atoms with E-state index >= 15 is 0 Å². The molecule has 1 atom stereocenters. The standard InChI is InChI=1S/C18H27NO/c1-2-13-6-9-15(10-7-13)20-16-11-8-14-4-3-5-18(19)17(14)12-16/h8,11-13,15,18H,2-7,9-10,19H2,1H3/t13?,15?,18-/m1/s1. The second kappa shape index (κ2) is 6.17. The van der Waals surface area contributed by atoms with Gasteiger partial charge in [-0.15, -0.1) is 0 Å². The molecule has 1 saturated carbocycles. The molecule has 0 aromatic heterocycles. The molecule has 0 bridgehead atoms. The molecule has 2 aliphatic rings. The van der Waals surface area contributed by atoms with Crippen LogP contribution in [-0.2, 0) is 6.42 Å². The number of rotatable bonds is 3. The fourth-order valence-electron chi connectivity index (χ4n) is 3.74. The van der Waals surface area contributed by atoms with Gasteiger partial charge in [-0.05, 0) is 74.1 Å². The highest BCUT2D eigenvalue weighted by atomic mass is 16.5. The van der Waals surface area contributed by atoms with Crippen molar-refractivity contribution >= 4 is 0 Å². The molecule has 1 aromatic carbocycles. The van der Waals surface area contributed by atoms with Gasteiger partial charge >= 0.3 is 0 Å². The van der Waals surface area contributed by atoms with Crippen molar-refractivity contribution in [2.75, 3.05) is 0 Å². The third-order valence-corrected chi connectivity index (χ3v) is 5.15. The Morgan fingerprint density at radius 2 is 1.95 bits per heavy atom. The molecular formula is C18H27NO. The lowest BCUT2D eigenvalue weighted by atomic mass is 9.85. The first kappa shape index (κ1) is 13.9. The number of nitrogens with two attached hydrogens (primary N) is 1. The molecule has 2 N–H and O–H groups in total. The molecular weight excluding hydrogens is 246 g/mol. The van der Waals surface area contributed by atoms with Crippen LogP contribution in [0.4, 0.5) is 0 Å². The van der Waals surface area contributed by atoms with E-state index in [0.29, 0.717) is 6.10 Å². The molecule has 1 aromatic rings. The van der Waals surface area contributed by atoms with Crippen LogP contribution in [0, 0.1) is 5.92 Å². The summed E-state index contributed by atoms with van der Waals surface area (Å²) in [5.41, 5.74) is 8.97. The quantitative estimate of drug-likeness (QED) is 0.887. The summed E-state index contributed by atoms with van der Waals surface area (Å²) in [4.78, 5) is 0. The van der Waals surface area contributed by atoms with Gasteiger partial charge in [-0.25, -0.2) is 0 Å². The van der Waals surface area contributed by atoms with Crippen LogP contribution < -0.4 is 10.5 Å². The number of fused-ring (bicyclic) bond motifs is 1. The van der Waals surface area contributed by atoms with Gasteiger partial charge in [0.1, 0.15) is 5.75 Å². The van der Waals surface area contributed by atoms with Gasteiger partial charge in [0.05, 0.1) is 6.10 Å². The van der Waals surface area contributed by atoms with Crippen molar-refractivity contribution in [3.05, 3.63) is 29.3 Å². The van der Waals surface area contributed by atoms with Gasteiger partial charge in [-0.2, -0.15) is 0 Å². The Morgan fingerprint density at radius 1 is 1.15 bits per heavy atom. The minimum atomic E-state index is 0.207. The maximum Gasteiger partial charge on any atom is 0.120 e. The summed E-state index contributed by atoms with van der Waals surface area (Å²) in [5.74, 6) is 1.95. The Labute approximate surface area is 122 Å². The second-order valence-electron chi connectivity index (χ2n) is 6.53. The summed E-state index contributed by atoms with van der Waals surface area (Å²) in [6.45, 7) is 2.30. The highest BCUT2D eigenvalue weighted by molar-refractivity contribution is 5.39. The topological polar surface area (TPSA) is 35.2 Å². The fourth-order valence-corrected chi connectivity index (χ4v) is 3.74. The molecule has 0 spiro atoms. The Bertz CT molecular complexity index is 449. The van der Waals surface area contributed by atoms with Crippen molar-refractivity contribution in [1.29, 1.82) is 0 Å². The predicted molar refractivity (Wildman–Crippen MR) is 83.0 cm³/mol. The zero-order valence-corrected chi connectivity index (χ0v) is 12.6. The zero-order valence-electron chi connectivity index (χ0n) is 12.6. The molecule has 110 valence electrons. The number of hydrogen-bond acceptors (Lipinski definition) is 2. The van der Waals surface area contributed by atoms with E-state index in [0.717, 1.165) is 18.1 Å². The van der Waals surface area contributed by atoms with Crippen molar-refractivity contribution < 1.29 is 4.74 Å². The Morgan fingerprint density at radius 3 is 2.70 bits per heavy atom. The van der Waals surface area contributed by atoms with Crippen LogP contribution in [-0.4, -0.2) is 6.10 Å². The SMILES string of the molecule is CCC1CCC(Oc2ccc3c(c2)[C@H](N)CCC3)CC1. The van der Waals surface area contributed by atoms with Crippen molar-refractivity contribution in [2.45, 2.75) is 70.4 Å². The fraction of sp³-hybridized carbons (Fsp3) is 0.667. The molecule has 1 fully saturated rings. The lowest BCUT2D eigenvalue weighted by molar-refractivity contribution is 0.130. The van der Waals surface area contributed by atoms with Crippen LogP contribution in [0.1, 0.15) is 69.0 Å². The van der Waals surface area contributed by atoms with Gasteiger partial charge in [-0.1, -0.05) is 19.4 Å². The first-order chi connectivity index (χ1) is 9.76. The van der Waals surface area contributed by atoms with Crippen LogP contribution in [0.25, 0.3) is 0 Å². The smallest absolute Gasteiger partial charge is 0.120 e. The highest BCUT2D eigenvalue weighted by Gasteiger charge is 2.22. The first-order valence-corrected chi connectivity index (χ1v) is 8.31.